The Hall–Kier alpha value is -4.00. The van der Waals surface area contributed by atoms with Crippen molar-refractivity contribution in [2.24, 2.45) is 0 Å². The fraction of sp³-hybridized carbons (Fsp3) is 0.130. The lowest BCUT2D eigenvalue weighted by molar-refractivity contribution is 0.0946. The molecule has 0 atom stereocenters. The van der Waals surface area contributed by atoms with Crippen LogP contribution in [0.2, 0.25) is 0 Å². The van der Waals surface area contributed by atoms with E-state index in [1.165, 1.54) is 0 Å². The molecule has 0 aliphatic rings. The molecule has 7 nitrogen and oxygen atoms in total. The molecule has 0 spiro atoms. The lowest BCUT2D eigenvalue weighted by Crippen LogP contribution is -2.24. The van der Waals surface area contributed by atoms with Crippen molar-refractivity contribution in [1.82, 2.24) is 20.4 Å². The van der Waals surface area contributed by atoms with Gasteiger partial charge >= 0.3 is 0 Å². The number of aryl methyl sites for hydroxylation is 2. The smallest absolute Gasteiger partial charge is 0.270 e. The highest BCUT2D eigenvalue weighted by Gasteiger charge is 2.14. The summed E-state index contributed by atoms with van der Waals surface area (Å²) in [6.07, 6.45) is 0. The maximum atomic E-state index is 12.9. The van der Waals surface area contributed by atoms with Gasteiger partial charge in [0, 0.05) is 24.2 Å². The molecule has 1 amide bonds. The minimum Gasteiger partial charge on any atom is -0.360 e. The van der Waals surface area contributed by atoms with Crippen molar-refractivity contribution in [1.29, 1.82) is 0 Å². The number of aromatic nitrogens is 3. The van der Waals surface area contributed by atoms with Gasteiger partial charge < -0.3 is 15.2 Å². The predicted molar refractivity (Wildman–Crippen MR) is 114 cm³/mol. The topological polar surface area (TPSA) is 92.9 Å². The molecule has 0 aliphatic heterocycles. The van der Waals surface area contributed by atoms with Crippen LogP contribution >= 0.6 is 0 Å². The number of carbonyl (C=O) groups is 1. The molecule has 30 heavy (non-hydrogen) atoms. The van der Waals surface area contributed by atoms with Crippen LogP contribution in [0.3, 0.4) is 0 Å². The SMILES string of the molecule is Cc1cc(Nc2cc(C(=O)NCc3ccccc3C)nc(-c3ccccc3)n2)no1. The van der Waals surface area contributed by atoms with Crippen LogP contribution in [0.5, 0.6) is 0 Å². The average molecular weight is 399 g/mol. The van der Waals surface area contributed by atoms with Crippen molar-refractivity contribution < 1.29 is 9.32 Å². The molecule has 4 aromatic rings. The van der Waals surface area contributed by atoms with E-state index in [0.717, 1.165) is 16.7 Å². The zero-order valence-corrected chi connectivity index (χ0v) is 16.7. The van der Waals surface area contributed by atoms with Gasteiger partial charge in [-0.1, -0.05) is 59.8 Å². The Morgan fingerprint density at radius 1 is 0.933 bits per heavy atom. The number of amides is 1. The number of carbonyl (C=O) groups excluding carboxylic acids is 1. The number of hydrogen-bond acceptors (Lipinski definition) is 6. The molecule has 2 heterocycles. The van der Waals surface area contributed by atoms with Crippen molar-refractivity contribution in [3.63, 3.8) is 0 Å². The molecule has 4 rings (SSSR count). The highest BCUT2D eigenvalue weighted by atomic mass is 16.5. The Morgan fingerprint density at radius 3 is 2.43 bits per heavy atom. The minimum absolute atomic E-state index is 0.264. The van der Waals surface area contributed by atoms with Crippen LogP contribution in [0.4, 0.5) is 11.6 Å². The Bertz CT molecular complexity index is 1170. The third-order valence-electron chi connectivity index (χ3n) is 4.58. The zero-order chi connectivity index (χ0) is 20.9. The van der Waals surface area contributed by atoms with Gasteiger partial charge in [-0.15, -0.1) is 0 Å². The van der Waals surface area contributed by atoms with Gasteiger partial charge in [0.15, 0.2) is 11.6 Å². The zero-order valence-electron chi connectivity index (χ0n) is 16.7. The first kappa shape index (κ1) is 19.3. The molecule has 2 N–H and O–H groups in total. The number of hydrogen-bond donors (Lipinski definition) is 2. The number of benzene rings is 2. The van der Waals surface area contributed by atoms with E-state index in [0.29, 0.717) is 29.8 Å². The molecule has 0 aliphatic carbocycles. The standard InChI is InChI=1S/C23H21N5O2/c1-15-8-6-7-11-18(15)14-24-23(29)19-13-20(26-21-12-16(2)30-28-21)27-22(25-19)17-9-4-3-5-10-17/h3-13H,14H2,1-2H3,(H,24,29)(H,25,26,27,28). The molecule has 0 fully saturated rings. The van der Waals surface area contributed by atoms with Gasteiger partial charge in [-0.05, 0) is 25.0 Å². The maximum absolute atomic E-state index is 12.9. The molecule has 0 saturated heterocycles. The van der Waals surface area contributed by atoms with Crippen molar-refractivity contribution in [3.05, 3.63) is 89.3 Å². The minimum atomic E-state index is -0.280. The van der Waals surface area contributed by atoms with Crippen molar-refractivity contribution in [2.45, 2.75) is 20.4 Å². The second kappa shape index (κ2) is 8.57. The van der Waals surface area contributed by atoms with E-state index in [1.54, 1.807) is 19.1 Å². The molecule has 0 unspecified atom stereocenters. The average Bonchev–Trinajstić information content (AvgIpc) is 3.17. The van der Waals surface area contributed by atoms with Crippen molar-refractivity contribution >= 4 is 17.5 Å². The van der Waals surface area contributed by atoms with Gasteiger partial charge in [-0.3, -0.25) is 4.79 Å². The van der Waals surface area contributed by atoms with Gasteiger partial charge in [0.05, 0.1) is 0 Å². The lowest BCUT2D eigenvalue weighted by atomic mass is 10.1. The van der Waals surface area contributed by atoms with Crippen LogP contribution in [0.25, 0.3) is 11.4 Å². The monoisotopic (exact) mass is 399 g/mol. The molecule has 7 heteroatoms. The first-order chi connectivity index (χ1) is 14.6. The summed E-state index contributed by atoms with van der Waals surface area (Å²) in [6, 6.07) is 20.8. The molecule has 2 aromatic heterocycles. The van der Waals surface area contributed by atoms with E-state index in [-0.39, 0.29) is 11.6 Å². The highest BCUT2D eigenvalue weighted by molar-refractivity contribution is 5.93. The summed E-state index contributed by atoms with van der Waals surface area (Å²) >= 11 is 0. The highest BCUT2D eigenvalue weighted by Crippen LogP contribution is 2.21. The van der Waals surface area contributed by atoms with Gasteiger partial charge in [0.25, 0.3) is 5.91 Å². The predicted octanol–water partition coefficient (Wildman–Crippen LogP) is 4.42. The van der Waals surface area contributed by atoms with Crippen LogP contribution in [0, 0.1) is 13.8 Å². The Morgan fingerprint density at radius 2 is 1.70 bits per heavy atom. The first-order valence-electron chi connectivity index (χ1n) is 9.56. The van der Waals surface area contributed by atoms with Crippen LogP contribution < -0.4 is 10.6 Å². The van der Waals surface area contributed by atoms with E-state index in [2.05, 4.69) is 25.8 Å². The Kier molecular flexibility index (Phi) is 5.52. The summed E-state index contributed by atoms with van der Waals surface area (Å²) in [4.78, 5) is 21.9. The van der Waals surface area contributed by atoms with Gasteiger partial charge in [0.2, 0.25) is 0 Å². The Labute approximate surface area is 174 Å². The molecule has 0 bridgehead atoms. The largest absolute Gasteiger partial charge is 0.360 e. The Balaban J connectivity index is 1.62. The normalized spacial score (nSPS) is 10.6. The third-order valence-corrected chi connectivity index (χ3v) is 4.58. The van der Waals surface area contributed by atoms with E-state index >= 15 is 0 Å². The quantitative estimate of drug-likeness (QED) is 0.498. The second-order valence-corrected chi connectivity index (χ2v) is 6.89. The van der Waals surface area contributed by atoms with Crippen LogP contribution in [-0.2, 0) is 6.54 Å². The number of anilines is 2. The molecular weight excluding hydrogens is 378 g/mol. The summed E-state index contributed by atoms with van der Waals surface area (Å²) in [5, 5.41) is 9.94. The van der Waals surface area contributed by atoms with Gasteiger partial charge in [0.1, 0.15) is 17.3 Å². The van der Waals surface area contributed by atoms with E-state index in [1.807, 2.05) is 61.5 Å². The third kappa shape index (κ3) is 4.52. The van der Waals surface area contributed by atoms with E-state index < -0.39 is 0 Å². The van der Waals surface area contributed by atoms with Gasteiger partial charge in [-0.25, -0.2) is 9.97 Å². The summed E-state index contributed by atoms with van der Waals surface area (Å²) in [5.41, 5.74) is 3.25. The molecular formula is C23H21N5O2. The molecule has 0 radical (unpaired) electrons. The van der Waals surface area contributed by atoms with E-state index in [9.17, 15) is 4.79 Å². The van der Waals surface area contributed by atoms with E-state index in [4.69, 9.17) is 4.52 Å². The summed E-state index contributed by atoms with van der Waals surface area (Å²) in [5.74, 6) is 1.81. The van der Waals surface area contributed by atoms with Crippen LogP contribution in [0.1, 0.15) is 27.4 Å². The summed E-state index contributed by atoms with van der Waals surface area (Å²) < 4.78 is 5.09. The molecule has 2 aromatic carbocycles. The second-order valence-electron chi connectivity index (χ2n) is 6.89. The lowest BCUT2D eigenvalue weighted by Gasteiger charge is -2.10. The number of nitrogens with zero attached hydrogens (tertiary/aromatic N) is 3. The van der Waals surface area contributed by atoms with Crippen molar-refractivity contribution in [3.8, 4) is 11.4 Å². The summed E-state index contributed by atoms with van der Waals surface area (Å²) in [7, 11) is 0. The number of rotatable bonds is 6. The van der Waals surface area contributed by atoms with Crippen LogP contribution in [0.15, 0.2) is 71.3 Å². The maximum Gasteiger partial charge on any atom is 0.270 e. The molecule has 150 valence electrons. The van der Waals surface area contributed by atoms with Crippen LogP contribution in [-0.4, -0.2) is 21.0 Å². The molecule has 0 saturated carbocycles. The first-order valence-corrected chi connectivity index (χ1v) is 9.56. The fourth-order valence-corrected chi connectivity index (χ4v) is 2.97. The fourth-order valence-electron chi connectivity index (χ4n) is 2.97. The van der Waals surface area contributed by atoms with Gasteiger partial charge in [-0.2, -0.15) is 0 Å². The van der Waals surface area contributed by atoms with Crippen molar-refractivity contribution in [2.75, 3.05) is 5.32 Å². The summed E-state index contributed by atoms with van der Waals surface area (Å²) in [6.45, 7) is 4.24. The number of nitrogens with one attached hydrogen (secondary N) is 2.